The molecule has 6 aromatic rings. The normalized spacial score (nSPS) is 12.8. The van der Waals surface area contributed by atoms with Gasteiger partial charge in [-0.05, 0) is 61.4 Å². The van der Waals surface area contributed by atoms with Crippen LogP contribution in [-0.4, -0.2) is 26.2 Å². The molecule has 166 valence electrons. The van der Waals surface area contributed by atoms with Crippen LogP contribution in [0.2, 0.25) is 0 Å². The standard InChI is InChI=1S/C29H19N5S/c1-2-7-22-20(6-1)27(18-12-15-31-24(17-18)23-8-3-4-13-30-23)34-29(33-22)19-10-11-25-21(16-19)28-26(35-25)9-5-14-32-28/h1-4,6-8,10-17H,5,9H2. The number of fused-ring (bicyclic) bond motifs is 4. The van der Waals surface area contributed by atoms with Crippen LogP contribution in [0.3, 0.4) is 0 Å². The van der Waals surface area contributed by atoms with Crippen molar-refractivity contribution in [2.45, 2.75) is 12.8 Å². The maximum absolute atomic E-state index is 5.09. The topological polar surface area (TPSA) is 63.9 Å². The lowest BCUT2D eigenvalue weighted by atomic mass is 10.0. The number of aryl methyl sites for hydroxylation is 1. The molecule has 0 saturated heterocycles. The average Bonchev–Trinajstić information content (AvgIpc) is 3.31. The van der Waals surface area contributed by atoms with Crippen molar-refractivity contribution in [2.75, 3.05) is 0 Å². The van der Waals surface area contributed by atoms with Crippen molar-refractivity contribution in [1.82, 2.24) is 19.9 Å². The van der Waals surface area contributed by atoms with E-state index < -0.39 is 0 Å². The van der Waals surface area contributed by atoms with Gasteiger partial charge < -0.3 is 0 Å². The Kier molecular flexibility index (Phi) is 4.70. The Labute approximate surface area is 205 Å². The number of hydrogen-bond donors (Lipinski definition) is 0. The number of hydrogen-bond acceptors (Lipinski definition) is 6. The number of aliphatic imine (C=N–C) groups is 1. The highest BCUT2D eigenvalue weighted by atomic mass is 32.1. The second kappa shape index (κ2) is 8.18. The lowest BCUT2D eigenvalue weighted by molar-refractivity contribution is 1.06. The third kappa shape index (κ3) is 3.50. The fourth-order valence-electron chi connectivity index (χ4n) is 4.59. The van der Waals surface area contributed by atoms with Crippen LogP contribution in [0.25, 0.3) is 55.0 Å². The summed E-state index contributed by atoms with van der Waals surface area (Å²) in [5, 5.41) is 2.19. The molecule has 0 radical (unpaired) electrons. The number of nitrogens with zero attached hydrogens (tertiary/aromatic N) is 5. The molecule has 0 aliphatic carbocycles. The SMILES string of the molecule is C1=Nc2c(sc3ccc(-c4nc(-c5ccnc(-c6ccccn6)c5)c5ccccc5n4)cc23)CC1. The van der Waals surface area contributed by atoms with Crippen LogP contribution in [0, 0.1) is 0 Å². The minimum absolute atomic E-state index is 0.705. The summed E-state index contributed by atoms with van der Waals surface area (Å²) in [5.41, 5.74) is 6.53. The molecule has 6 heteroatoms. The molecule has 0 saturated carbocycles. The Bertz CT molecular complexity index is 1750. The summed E-state index contributed by atoms with van der Waals surface area (Å²) in [6.45, 7) is 0. The molecule has 7 rings (SSSR count). The van der Waals surface area contributed by atoms with E-state index in [-0.39, 0.29) is 0 Å². The molecule has 0 fully saturated rings. The monoisotopic (exact) mass is 469 g/mol. The van der Waals surface area contributed by atoms with Crippen molar-refractivity contribution in [3.05, 3.63) is 90.1 Å². The number of para-hydroxylation sites is 1. The first-order valence-corrected chi connectivity index (χ1v) is 12.4. The first kappa shape index (κ1) is 20.1. The summed E-state index contributed by atoms with van der Waals surface area (Å²) in [5.74, 6) is 0.705. The van der Waals surface area contributed by atoms with E-state index in [4.69, 9.17) is 15.0 Å². The second-order valence-corrected chi connectivity index (χ2v) is 9.63. The maximum atomic E-state index is 5.09. The number of rotatable bonds is 3. The summed E-state index contributed by atoms with van der Waals surface area (Å²) in [6, 6.07) is 24.5. The van der Waals surface area contributed by atoms with Crippen molar-refractivity contribution in [2.24, 2.45) is 4.99 Å². The van der Waals surface area contributed by atoms with Gasteiger partial charge in [-0.1, -0.05) is 24.3 Å². The van der Waals surface area contributed by atoms with E-state index in [1.165, 1.54) is 15.0 Å². The highest BCUT2D eigenvalue weighted by Crippen LogP contribution is 2.42. The quantitative estimate of drug-likeness (QED) is 0.273. The molecule has 0 N–H and O–H groups in total. The van der Waals surface area contributed by atoms with Gasteiger partial charge in [0.05, 0.1) is 28.3 Å². The molecule has 5 nitrogen and oxygen atoms in total. The Morgan fingerprint density at radius 3 is 2.57 bits per heavy atom. The Morgan fingerprint density at radius 1 is 0.714 bits per heavy atom. The van der Waals surface area contributed by atoms with Crippen molar-refractivity contribution < 1.29 is 0 Å². The van der Waals surface area contributed by atoms with Gasteiger partial charge in [-0.3, -0.25) is 15.0 Å². The highest BCUT2D eigenvalue weighted by molar-refractivity contribution is 7.19. The molecule has 1 aliphatic heterocycles. The Balaban J connectivity index is 1.42. The largest absolute Gasteiger partial charge is 0.259 e. The van der Waals surface area contributed by atoms with Gasteiger partial charge in [0.25, 0.3) is 0 Å². The summed E-state index contributed by atoms with van der Waals surface area (Å²) >= 11 is 1.84. The lowest BCUT2D eigenvalue weighted by Crippen LogP contribution is -1.96. The predicted molar refractivity (Wildman–Crippen MR) is 143 cm³/mol. The molecule has 0 spiro atoms. The maximum Gasteiger partial charge on any atom is 0.160 e. The average molecular weight is 470 g/mol. The summed E-state index contributed by atoms with van der Waals surface area (Å²) in [7, 11) is 0. The third-order valence-corrected chi connectivity index (χ3v) is 7.49. The van der Waals surface area contributed by atoms with E-state index in [1.807, 2.05) is 72.3 Å². The van der Waals surface area contributed by atoms with Crippen molar-refractivity contribution in [3.63, 3.8) is 0 Å². The van der Waals surface area contributed by atoms with E-state index >= 15 is 0 Å². The first-order valence-electron chi connectivity index (χ1n) is 11.6. The van der Waals surface area contributed by atoms with Crippen LogP contribution >= 0.6 is 11.3 Å². The second-order valence-electron chi connectivity index (χ2n) is 8.49. The van der Waals surface area contributed by atoms with Gasteiger partial charge in [0, 0.05) is 50.1 Å². The Hall–Kier alpha value is -4.29. The first-order chi connectivity index (χ1) is 17.3. The molecule has 35 heavy (non-hydrogen) atoms. The van der Waals surface area contributed by atoms with E-state index in [0.29, 0.717) is 5.82 Å². The fourth-order valence-corrected chi connectivity index (χ4v) is 5.74. The summed E-state index contributed by atoms with van der Waals surface area (Å²) < 4.78 is 1.26. The molecular weight excluding hydrogens is 450 g/mol. The Morgan fingerprint density at radius 2 is 1.63 bits per heavy atom. The van der Waals surface area contributed by atoms with Crippen molar-refractivity contribution >= 4 is 44.2 Å². The van der Waals surface area contributed by atoms with Gasteiger partial charge >= 0.3 is 0 Å². The number of aromatic nitrogens is 4. The molecule has 2 aromatic carbocycles. The van der Waals surface area contributed by atoms with Crippen LogP contribution in [0.4, 0.5) is 5.69 Å². The molecule has 4 aromatic heterocycles. The van der Waals surface area contributed by atoms with E-state index in [1.54, 1.807) is 6.20 Å². The molecule has 5 heterocycles. The van der Waals surface area contributed by atoms with Gasteiger partial charge in [0.2, 0.25) is 0 Å². The van der Waals surface area contributed by atoms with Gasteiger partial charge in [-0.15, -0.1) is 11.3 Å². The smallest absolute Gasteiger partial charge is 0.160 e. The predicted octanol–water partition coefficient (Wildman–Crippen LogP) is 7.28. The highest BCUT2D eigenvalue weighted by Gasteiger charge is 2.17. The van der Waals surface area contributed by atoms with Crippen LogP contribution < -0.4 is 0 Å². The third-order valence-electron chi connectivity index (χ3n) is 6.27. The minimum Gasteiger partial charge on any atom is -0.259 e. The van der Waals surface area contributed by atoms with Gasteiger partial charge in [-0.25, -0.2) is 9.97 Å². The van der Waals surface area contributed by atoms with Crippen molar-refractivity contribution in [3.8, 4) is 34.0 Å². The molecule has 0 amide bonds. The zero-order valence-electron chi connectivity index (χ0n) is 18.7. The molecule has 1 aliphatic rings. The zero-order chi connectivity index (χ0) is 23.2. The van der Waals surface area contributed by atoms with E-state index in [0.717, 1.165) is 57.6 Å². The minimum atomic E-state index is 0.705. The molecule has 0 unspecified atom stereocenters. The summed E-state index contributed by atoms with van der Waals surface area (Å²) in [4.78, 5) is 25.1. The van der Waals surface area contributed by atoms with Crippen molar-refractivity contribution in [1.29, 1.82) is 0 Å². The lowest BCUT2D eigenvalue weighted by Gasteiger charge is -2.10. The molecule has 0 atom stereocenters. The van der Waals surface area contributed by atoms with Crippen LogP contribution in [-0.2, 0) is 6.42 Å². The number of pyridine rings is 2. The zero-order valence-corrected chi connectivity index (χ0v) is 19.5. The summed E-state index contributed by atoms with van der Waals surface area (Å²) in [6.07, 6.45) is 7.69. The van der Waals surface area contributed by atoms with Crippen LogP contribution in [0.1, 0.15) is 11.3 Å². The van der Waals surface area contributed by atoms with Gasteiger partial charge in [0.15, 0.2) is 5.82 Å². The number of benzene rings is 2. The van der Waals surface area contributed by atoms with Gasteiger partial charge in [0.1, 0.15) is 0 Å². The van der Waals surface area contributed by atoms with Crippen LogP contribution in [0.5, 0.6) is 0 Å². The fraction of sp³-hybridized carbons (Fsp3) is 0.0690. The number of thiophene rings is 1. The van der Waals surface area contributed by atoms with Crippen LogP contribution in [0.15, 0.2) is 90.2 Å². The molecular formula is C29H19N5S. The molecule has 0 bridgehead atoms. The van der Waals surface area contributed by atoms with E-state index in [9.17, 15) is 0 Å². The van der Waals surface area contributed by atoms with Gasteiger partial charge in [-0.2, -0.15) is 0 Å². The van der Waals surface area contributed by atoms with E-state index in [2.05, 4.69) is 34.2 Å².